The average molecular weight is 258 g/mol. The van der Waals surface area contributed by atoms with Crippen LogP contribution in [0.15, 0.2) is 0 Å². The summed E-state index contributed by atoms with van der Waals surface area (Å²) >= 11 is 0. The molecule has 0 aliphatic rings. The molecule has 2 unspecified atom stereocenters. The minimum absolute atomic E-state index is 0.371. The molecule has 0 aromatic carbocycles. The number of ether oxygens (including phenoxy) is 1. The molecular formula is C15H34N2O. The van der Waals surface area contributed by atoms with Crippen LogP contribution in [0.1, 0.15) is 47.0 Å². The van der Waals surface area contributed by atoms with Gasteiger partial charge in [0.1, 0.15) is 0 Å². The van der Waals surface area contributed by atoms with Crippen molar-refractivity contribution in [3.8, 4) is 0 Å². The molecule has 2 atom stereocenters. The van der Waals surface area contributed by atoms with E-state index in [1.165, 1.54) is 12.8 Å². The zero-order valence-electron chi connectivity index (χ0n) is 13.3. The Labute approximate surface area is 114 Å². The van der Waals surface area contributed by atoms with Crippen LogP contribution in [0.3, 0.4) is 0 Å². The Hall–Kier alpha value is -0.120. The summed E-state index contributed by atoms with van der Waals surface area (Å²) in [4.78, 5) is 2.38. The Kier molecular flexibility index (Phi) is 8.83. The van der Waals surface area contributed by atoms with E-state index < -0.39 is 0 Å². The smallest absolute Gasteiger partial charge is 0.0615 e. The number of nitrogens with zero attached hydrogens (tertiary/aromatic N) is 1. The molecule has 0 aromatic rings. The molecule has 0 amide bonds. The highest BCUT2D eigenvalue weighted by atomic mass is 16.5. The summed E-state index contributed by atoms with van der Waals surface area (Å²) in [6.45, 7) is 11.9. The van der Waals surface area contributed by atoms with Crippen LogP contribution in [0.4, 0.5) is 0 Å². The van der Waals surface area contributed by atoms with Crippen molar-refractivity contribution in [3.63, 3.8) is 0 Å². The minimum Gasteiger partial charge on any atom is -0.383 e. The molecule has 0 spiro atoms. The minimum atomic E-state index is 0.371. The molecule has 0 rings (SSSR count). The van der Waals surface area contributed by atoms with Crippen molar-refractivity contribution in [1.82, 2.24) is 4.90 Å². The topological polar surface area (TPSA) is 38.5 Å². The third kappa shape index (κ3) is 7.34. The zero-order valence-corrected chi connectivity index (χ0v) is 13.3. The highest BCUT2D eigenvalue weighted by molar-refractivity contribution is 4.75. The summed E-state index contributed by atoms with van der Waals surface area (Å²) in [7, 11) is 3.94. The number of methoxy groups -OCH3 is 1. The van der Waals surface area contributed by atoms with Gasteiger partial charge in [0.2, 0.25) is 0 Å². The van der Waals surface area contributed by atoms with Gasteiger partial charge in [0, 0.05) is 13.2 Å². The third-order valence-electron chi connectivity index (χ3n) is 3.96. The van der Waals surface area contributed by atoms with Crippen molar-refractivity contribution in [2.75, 3.05) is 33.9 Å². The first-order valence-corrected chi connectivity index (χ1v) is 7.22. The second-order valence-corrected chi connectivity index (χ2v) is 6.57. The predicted molar refractivity (Wildman–Crippen MR) is 79.8 cm³/mol. The summed E-state index contributed by atoms with van der Waals surface area (Å²) in [5.74, 6) is 0.730. The SMILES string of the molecule is COCC(C)N(C)CCCC(CCN)C(C)(C)C. The average Bonchev–Trinajstić information content (AvgIpc) is 2.26. The van der Waals surface area contributed by atoms with E-state index in [-0.39, 0.29) is 0 Å². The number of rotatable bonds is 9. The first-order valence-electron chi connectivity index (χ1n) is 7.22. The highest BCUT2D eigenvalue weighted by Crippen LogP contribution is 2.32. The van der Waals surface area contributed by atoms with Crippen LogP contribution in [0.25, 0.3) is 0 Å². The molecule has 0 saturated heterocycles. The van der Waals surface area contributed by atoms with E-state index in [1.54, 1.807) is 7.11 Å². The lowest BCUT2D eigenvalue weighted by Crippen LogP contribution is -2.34. The Balaban J connectivity index is 3.99. The van der Waals surface area contributed by atoms with E-state index in [0.717, 1.165) is 32.0 Å². The number of nitrogens with two attached hydrogens (primary N) is 1. The van der Waals surface area contributed by atoms with Gasteiger partial charge in [-0.2, -0.15) is 0 Å². The fourth-order valence-electron chi connectivity index (χ4n) is 2.39. The molecule has 0 aromatic heterocycles. The van der Waals surface area contributed by atoms with E-state index in [4.69, 9.17) is 10.5 Å². The summed E-state index contributed by atoms with van der Waals surface area (Å²) in [5, 5.41) is 0. The fourth-order valence-corrected chi connectivity index (χ4v) is 2.39. The van der Waals surface area contributed by atoms with Crippen LogP contribution in [-0.2, 0) is 4.74 Å². The molecule has 0 radical (unpaired) electrons. The Morgan fingerprint density at radius 1 is 1.22 bits per heavy atom. The lowest BCUT2D eigenvalue weighted by molar-refractivity contribution is 0.111. The van der Waals surface area contributed by atoms with Gasteiger partial charge in [-0.05, 0) is 57.7 Å². The molecule has 3 nitrogen and oxygen atoms in total. The first kappa shape index (κ1) is 17.9. The predicted octanol–water partition coefficient (Wildman–Crippen LogP) is 2.74. The van der Waals surface area contributed by atoms with Gasteiger partial charge in [-0.1, -0.05) is 20.8 Å². The van der Waals surface area contributed by atoms with Crippen molar-refractivity contribution >= 4 is 0 Å². The zero-order chi connectivity index (χ0) is 14.2. The summed E-state index contributed by atoms with van der Waals surface area (Å²) < 4.78 is 5.19. The van der Waals surface area contributed by atoms with Crippen LogP contribution < -0.4 is 5.73 Å². The van der Waals surface area contributed by atoms with Crippen LogP contribution in [0, 0.1) is 11.3 Å². The van der Waals surface area contributed by atoms with E-state index in [0.29, 0.717) is 11.5 Å². The second-order valence-electron chi connectivity index (χ2n) is 6.57. The molecule has 18 heavy (non-hydrogen) atoms. The van der Waals surface area contributed by atoms with Crippen molar-refractivity contribution < 1.29 is 4.74 Å². The van der Waals surface area contributed by atoms with Gasteiger partial charge in [-0.25, -0.2) is 0 Å². The van der Waals surface area contributed by atoms with Gasteiger partial charge in [0.25, 0.3) is 0 Å². The van der Waals surface area contributed by atoms with Crippen LogP contribution in [-0.4, -0.2) is 44.8 Å². The summed E-state index contributed by atoms with van der Waals surface area (Å²) in [6.07, 6.45) is 3.65. The van der Waals surface area contributed by atoms with Crippen molar-refractivity contribution in [1.29, 1.82) is 0 Å². The van der Waals surface area contributed by atoms with Gasteiger partial charge in [-0.3, -0.25) is 0 Å². The van der Waals surface area contributed by atoms with Gasteiger partial charge >= 0.3 is 0 Å². The fraction of sp³-hybridized carbons (Fsp3) is 1.00. The van der Waals surface area contributed by atoms with E-state index >= 15 is 0 Å². The lowest BCUT2D eigenvalue weighted by atomic mass is 9.76. The van der Waals surface area contributed by atoms with Gasteiger partial charge in [0.05, 0.1) is 6.61 Å². The summed E-state index contributed by atoms with van der Waals surface area (Å²) in [6, 6.07) is 0.498. The second kappa shape index (κ2) is 8.89. The Morgan fingerprint density at radius 2 is 1.83 bits per heavy atom. The molecule has 0 fully saturated rings. The standard InChI is InChI=1S/C15H34N2O/c1-13(12-18-6)17(5)11-7-8-14(9-10-16)15(2,3)4/h13-14H,7-12,16H2,1-6H3. The summed E-state index contributed by atoms with van der Waals surface area (Å²) in [5.41, 5.74) is 6.09. The molecular weight excluding hydrogens is 224 g/mol. The van der Waals surface area contributed by atoms with Crippen LogP contribution in [0.2, 0.25) is 0 Å². The maximum atomic E-state index is 5.72. The number of hydrogen-bond acceptors (Lipinski definition) is 3. The largest absolute Gasteiger partial charge is 0.383 e. The maximum Gasteiger partial charge on any atom is 0.0615 e. The molecule has 0 bridgehead atoms. The van der Waals surface area contributed by atoms with Crippen molar-refractivity contribution in [3.05, 3.63) is 0 Å². The third-order valence-corrected chi connectivity index (χ3v) is 3.96. The molecule has 0 saturated carbocycles. The normalized spacial score (nSPS) is 16.0. The molecule has 0 aliphatic carbocycles. The molecule has 0 heterocycles. The van der Waals surface area contributed by atoms with Crippen LogP contribution >= 0.6 is 0 Å². The highest BCUT2D eigenvalue weighted by Gasteiger charge is 2.23. The monoisotopic (exact) mass is 258 g/mol. The molecule has 2 N–H and O–H groups in total. The Morgan fingerprint density at radius 3 is 2.28 bits per heavy atom. The maximum absolute atomic E-state index is 5.72. The first-order chi connectivity index (χ1) is 8.32. The van der Waals surface area contributed by atoms with Gasteiger partial charge in [0.15, 0.2) is 0 Å². The molecule has 110 valence electrons. The molecule has 0 aliphatic heterocycles. The van der Waals surface area contributed by atoms with Crippen LogP contribution in [0.5, 0.6) is 0 Å². The number of likely N-dealkylation sites (N-methyl/N-ethyl adjacent to an activating group) is 1. The van der Waals surface area contributed by atoms with Gasteiger partial charge < -0.3 is 15.4 Å². The number of hydrogen-bond donors (Lipinski definition) is 1. The van der Waals surface area contributed by atoms with Crippen molar-refractivity contribution in [2.45, 2.75) is 53.0 Å². The lowest BCUT2D eigenvalue weighted by Gasteiger charge is -2.32. The van der Waals surface area contributed by atoms with E-state index in [2.05, 4.69) is 39.6 Å². The quantitative estimate of drug-likeness (QED) is 0.691. The van der Waals surface area contributed by atoms with E-state index in [1.807, 2.05) is 0 Å². The van der Waals surface area contributed by atoms with Crippen molar-refractivity contribution in [2.24, 2.45) is 17.1 Å². The molecule has 3 heteroatoms. The van der Waals surface area contributed by atoms with Gasteiger partial charge in [-0.15, -0.1) is 0 Å². The Bertz CT molecular complexity index is 201. The van der Waals surface area contributed by atoms with E-state index in [9.17, 15) is 0 Å².